The SMILES string of the molecule is CO[C@H]1C[C@@H](C)C(=O)O[C@@H]1CO[Si](c1ccccc1)(c1ccccc1)C(C)(C)C. The van der Waals surface area contributed by atoms with E-state index in [-0.39, 0.29) is 23.0 Å². The van der Waals surface area contributed by atoms with Gasteiger partial charge in [0.15, 0.2) is 0 Å². The molecule has 5 heteroatoms. The Hall–Kier alpha value is -1.95. The molecule has 0 aliphatic carbocycles. The summed E-state index contributed by atoms with van der Waals surface area (Å²) in [5, 5.41) is 2.30. The fraction of sp³-hybridized carbons (Fsp3) is 0.458. The summed E-state index contributed by atoms with van der Waals surface area (Å²) in [7, 11) is -0.989. The molecule has 4 nitrogen and oxygen atoms in total. The number of esters is 1. The van der Waals surface area contributed by atoms with Crippen molar-refractivity contribution in [1.29, 1.82) is 0 Å². The lowest BCUT2D eigenvalue weighted by Crippen LogP contribution is -2.67. The highest BCUT2D eigenvalue weighted by Gasteiger charge is 2.51. The molecular weight excluding hydrogens is 380 g/mol. The summed E-state index contributed by atoms with van der Waals surface area (Å²) in [4.78, 5) is 12.2. The van der Waals surface area contributed by atoms with Gasteiger partial charge in [-0.05, 0) is 21.8 Å². The van der Waals surface area contributed by atoms with E-state index in [9.17, 15) is 4.79 Å². The zero-order chi connectivity index (χ0) is 21.1. The number of methoxy groups -OCH3 is 1. The molecule has 0 bridgehead atoms. The van der Waals surface area contributed by atoms with Crippen LogP contribution in [0.15, 0.2) is 60.7 Å². The van der Waals surface area contributed by atoms with Crippen LogP contribution in [0.4, 0.5) is 0 Å². The van der Waals surface area contributed by atoms with Crippen LogP contribution >= 0.6 is 0 Å². The molecule has 29 heavy (non-hydrogen) atoms. The van der Waals surface area contributed by atoms with Crippen molar-refractivity contribution < 1.29 is 18.7 Å². The number of ether oxygens (including phenoxy) is 2. The van der Waals surface area contributed by atoms with E-state index in [0.717, 1.165) is 0 Å². The maximum atomic E-state index is 12.2. The van der Waals surface area contributed by atoms with Gasteiger partial charge in [-0.2, -0.15) is 0 Å². The predicted molar refractivity (Wildman–Crippen MR) is 118 cm³/mol. The molecule has 0 amide bonds. The van der Waals surface area contributed by atoms with E-state index in [0.29, 0.717) is 13.0 Å². The van der Waals surface area contributed by atoms with Crippen LogP contribution in [0.5, 0.6) is 0 Å². The van der Waals surface area contributed by atoms with Gasteiger partial charge in [-0.15, -0.1) is 0 Å². The third kappa shape index (κ3) is 4.32. The van der Waals surface area contributed by atoms with Gasteiger partial charge in [0, 0.05) is 7.11 Å². The molecule has 2 aromatic carbocycles. The van der Waals surface area contributed by atoms with Crippen molar-refractivity contribution in [1.82, 2.24) is 0 Å². The fourth-order valence-corrected chi connectivity index (χ4v) is 8.87. The lowest BCUT2D eigenvalue weighted by atomic mass is 9.97. The maximum absolute atomic E-state index is 12.2. The Kier molecular flexibility index (Phi) is 6.61. The van der Waals surface area contributed by atoms with E-state index in [1.165, 1.54) is 10.4 Å². The van der Waals surface area contributed by atoms with Gasteiger partial charge in [0.1, 0.15) is 6.10 Å². The van der Waals surface area contributed by atoms with Crippen molar-refractivity contribution in [3.05, 3.63) is 60.7 Å². The van der Waals surface area contributed by atoms with Gasteiger partial charge in [-0.3, -0.25) is 4.79 Å². The van der Waals surface area contributed by atoms with Crippen LogP contribution in [0, 0.1) is 5.92 Å². The van der Waals surface area contributed by atoms with Crippen LogP contribution in [0.1, 0.15) is 34.1 Å². The molecule has 1 aliphatic heterocycles. The van der Waals surface area contributed by atoms with Crippen molar-refractivity contribution >= 4 is 24.7 Å². The summed E-state index contributed by atoms with van der Waals surface area (Å²) in [6.45, 7) is 8.92. The smallest absolute Gasteiger partial charge is 0.309 e. The molecule has 156 valence electrons. The van der Waals surface area contributed by atoms with Crippen LogP contribution in [0.25, 0.3) is 0 Å². The summed E-state index contributed by atoms with van der Waals surface area (Å²) < 4.78 is 18.3. The molecule has 1 heterocycles. The minimum Gasteiger partial charge on any atom is -0.457 e. The number of rotatable bonds is 6. The molecule has 2 aromatic rings. The minimum atomic E-state index is -2.66. The molecule has 0 aromatic heterocycles. The minimum absolute atomic E-state index is 0.121. The van der Waals surface area contributed by atoms with Crippen molar-refractivity contribution in [2.45, 2.75) is 51.4 Å². The van der Waals surface area contributed by atoms with Crippen LogP contribution in [-0.4, -0.2) is 40.2 Å². The molecule has 1 aliphatic rings. The number of hydrogen-bond acceptors (Lipinski definition) is 4. The van der Waals surface area contributed by atoms with Gasteiger partial charge in [-0.1, -0.05) is 88.4 Å². The first kappa shape index (κ1) is 21.7. The first-order valence-corrected chi connectivity index (χ1v) is 12.2. The number of hydrogen-bond donors (Lipinski definition) is 0. The van der Waals surface area contributed by atoms with E-state index in [1.807, 2.05) is 19.1 Å². The molecule has 0 N–H and O–H groups in total. The molecule has 3 atom stereocenters. The van der Waals surface area contributed by atoms with Crippen LogP contribution in [0.3, 0.4) is 0 Å². The standard InChI is InChI=1S/C24H32O4Si/c1-18-16-21(26-5)22(28-23(18)25)17-27-29(24(2,3)4,19-12-8-6-9-13-19)20-14-10-7-11-15-20/h6-15,18,21-22H,16-17H2,1-5H3/t18-,21+,22-/m1/s1. The largest absolute Gasteiger partial charge is 0.457 e. The monoisotopic (exact) mass is 412 g/mol. The summed E-state index contributed by atoms with van der Waals surface area (Å²) in [6.07, 6.45) is 0.107. The summed E-state index contributed by atoms with van der Waals surface area (Å²) in [6, 6.07) is 21.0. The highest BCUT2D eigenvalue weighted by Crippen LogP contribution is 2.37. The van der Waals surface area contributed by atoms with E-state index in [2.05, 4.69) is 69.3 Å². The highest BCUT2D eigenvalue weighted by atomic mass is 28.4. The normalized spacial score (nSPS) is 22.9. The van der Waals surface area contributed by atoms with Gasteiger partial charge in [0.2, 0.25) is 0 Å². The Bertz CT molecular complexity index is 761. The lowest BCUT2D eigenvalue weighted by molar-refractivity contribution is -0.176. The van der Waals surface area contributed by atoms with Gasteiger partial charge in [0.25, 0.3) is 8.32 Å². The van der Waals surface area contributed by atoms with Gasteiger partial charge < -0.3 is 13.9 Å². The molecular formula is C24H32O4Si. The average molecular weight is 413 g/mol. The summed E-state index contributed by atoms with van der Waals surface area (Å²) in [5.41, 5.74) is 0. The van der Waals surface area contributed by atoms with E-state index < -0.39 is 14.4 Å². The van der Waals surface area contributed by atoms with Crippen molar-refractivity contribution in [2.75, 3.05) is 13.7 Å². The third-order valence-corrected chi connectivity index (χ3v) is 10.9. The number of cyclic esters (lactones) is 1. The molecule has 1 fully saturated rings. The highest BCUT2D eigenvalue weighted by molar-refractivity contribution is 6.99. The van der Waals surface area contributed by atoms with Crippen molar-refractivity contribution in [3.63, 3.8) is 0 Å². The van der Waals surface area contributed by atoms with Crippen molar-refractivity contribution in [3.8, 4) is 0 Å². The second-order valence-corrected chi connectivity index (χ2v) is 13.2. The third-order valence-electron chi connectivity index (χ3n) is 5.85. The fourth-order valence-electron chi connectivity index (χ4n) is 4.30. The zero-order valence-corrected chi connectivity index (χ0v) is 19.1. The summed E-state index contributed by atoms with van der Waals surface area (Å²) in [5.74, 6) is -0.321. The van der Waals surface area contributed by atoms with Crippen molar-refractivity contribution in [2.24, 2.45) is 5.92 Å². The van der Waals surface area contributed by atoms with Gasteiger partial charge >= 0.3 is 5.97 Å². The van der Waals surface area contributed by atoms with Crippen LogP contribution in [0.2, 0.25) is 5.04 Å². The molecule has 0 unspecified atom stereocenters. The molecule has 0 radical (unpaired) electrons. The number of benzene rings is 2. The average Bonchev–Trinajstić information content (AvgIpc) is 2.71. The van der Waals surface area contributed by atoms with Crippen LogP contribution in [-0.2, 0) is 18.7 Å². The lowest BCUT2D eigenvalue weighted by Gasteiger charge is -2.44. The van der Waals surface area contributed by atoms with Gasteiger partial charge in [-0.25, -0.2) is 0 Å². The quantitative estimate of drug-likeness (QED) is 0.538. The van der Waals surface area contributed by atoms with E-state index >= 15 is 0 Å². The molecule has 0 saturated carbocycles. The predicted octanol–water partition coefficient (Wildman–Crippen LogP) is 3.53. The van der Waals surface area contributed by atoms with E-state index in [4.69, 9.17) is 13.9 Å². The summed E-state index contributed by atoms with van der Waals surface area (Å²) >= 11 is 0. The first-order chi connectivity index (χ1) is 13.8. The van der Waals surface area contributed by atoms with Crippen LogP contribution < -0.4 is 10.4 Å². The maximum Gasteiger partial charge on any atom is 0.309 e. The van der Waals surface area contributed by atoms with E-state index in [1.54, 1.807) is 7.11 Å². The molecule has 0 spiro atoms. The second kappa shape index (κ2) is 8.82. The Balaban J connectivity index is 2.01. The first-order valence-electron chi connectivity index (χ1n) is 10.3. The molecule has 1 saturated heterocycles. The number of carbonyl (C=O) groups is 1. The Morgan fingerprint density at radius 2 is 1.52 bits per heavy atom. The Morgan fingerprint density at radius 1 is 1.00 bits per heavy atom. The Morgan fingerprint density at radius 3 is 1.97 bits per heavy atom. The number of carbonyl (C=O) groups excluding carboxylic acids is 1. The zero-order valence-electron chi connectivity index (χ0n) is 18.1. The topological polar surface area (TPSA) is 44.8 Å². The Labute approximate surface area is 175 Å². The molecule has 3 rings (SSSR count). The van der Waals surface area contributed by atoms with Gasteiger partial charge in [0.05, 0.1) is 18.6 Å². The second-order valence-electron chi connectivity index (χ2n) is 8.86.